The third kappa shape index (κ3) is 5.06. The Hall–Kier alpha value is -4.24. The number of rotatable bonds is 6. The van der Waals surface area contributed by atoms with Gasteiger partial charge in [-0.15, -0.1) is 0 Å². The van der Waals surface area contributed by atoms with E-state index in [1.165, 1.54) is 24.8 Å². The van der Waals surface area contributed by atoms with Crippen LogP contribution >= 0.6 is 0 Å². The molecule has 2 amide bonds. The number of hydrogen-bond donors (Lipinski definition) is 2. The van der Waals surface area contributed by atoms with Crippen molar-refractivity contribution in [1.82, 2.24) is 24.2 Å². The Labute approximate surface area is 234 Å². The fourth-order valence-electron chi connectivity index (χ4n) is 4.88. The van der Waals surface area contributed by atoms with E-state index in [0.717, 1.165) is 5.56 Å². The number of anilines is 1. The number of aromatic nitrogens is 4. The first kappa shape index (κ1) is 27.0. The number of ether oxygens (including phenoxy) is 3. The number of carbonyl (C=O) groups is 2. The average molecular weight is 579 g/mol. The van der Waals surface area contributed by atoms with Crippen LogP contribution in [0.25, 0.3) is 11.2 Å². The van der Waals surface area contributed by atoms with Crippen LogP contribution in [0, 0.1) is 6.92 Å². The van der Waals surface area contributed by atoms with Gasteiger partial charge in [0.2, 0.25) is 0 Å². The van der Waals surface area contributed by atoms with Crippen LogP contribution in [-0.4, -0.2) is 63.9 Å². The molecule has 212 valence electrons. The molecule has 2 saturated heterocycles. The van der Waals surface area contributed by atoms with Gasteiger partial charge in [0.05, 0.1) is 11.2 Å². The van der Waals surface area contributed by atoms with Gasteiger partial charge in [-0.25, -0.2) is 28.1 Å². The van der Waals surface area contributed by atoms with E-state index in [1.54, 1.807) is 60.9 Å². The lowest BCUT2D eigenvalue weighted by molar-refractivity contribution is -0.197. The number of amides is 2. The summed E-state index contributed by atoms with van der Waals surface area (Å²) in [5.41, 5.74) is 1.89. The molecule has 2 aromatic carbocycles. The average Bonchev–Trinajstić information content (AvgIpc) is 3.60. The van der Waals surface area contributed by atoms with E-state index >= 15 is 0 Å². The van der Waals surface area contributed by atoms with Gasteiger partial charge in [-0.2, -0.15) is 0 Å². The Morgan fingerprint density at radius 3 is 2.39 bits per heavy atom. The number of aryl methyl sites for hydroxylation is 1. The quantitative estimate of drug-likeness (QED) is 0.347. The summed E-state index contributed by atoms with van der Waals surface area (Å²) < 4.78 is 47.6. The summed E-state index contributed by atoms with van der Waals surface area (Å²) in [6, 6.07) is 14.7. The van der Waals surface area contributed by atoms with Crippen LogP contribution in [0.2, 0.25) is 0 Å². The first-order valence-electron chi connectivity index (χ1n) is 12.7. The second kappa shape index (κ2) is 9.99. The predicted molar refractivity (Wildman–Crippen MR) is 144 cm³/mol. The monoisotopic (exact) mass is 578 g/mol. The van der Waals surface area contributed by atoms with Gasteiger partial charge >= 0.3 is 0 Å². The van der Waals surface area contributed by atoms with Crippen LogP contribution in [0.3, 0.4) is 0 Å². The summed E-state index contributed by atoms with van der Waals surface area (Å²) in [5.74, 6) is -2.18. The van der Waals surface area contributed by atoms with E-state index in [4.69, 9.17) is 14.2 Å². The Morgan fingerprint density at radius 1 is 0.951 bits per heavy atom. The van der Waals surface area contributed by atoms with E-state index in [-0.39, 0.29) is 22.1 Å². The maximum atomic E-state index is 13.3. The van der Waals surface area contributed by atoms with Crippen LogP contribution in [0.4, 0.5) is 5.82 Å². The second-order valence-electron chi connectivity index (χ2n) is 10.2. The Bertz CT molecular complexity index is 1740. The number of imidazole rings is 1. The lowest BCUT2D eigenvalue weighted by atomic mass is 10.1. The highest BCUT2D eigenvalue weighted by Gasteiger charge is 2.58. The van der Waals surface area contributed by atoms with E-state index in [0.29, 0.717) is 11.2 Å². The number of nitrogens with one attached hydrogen (secondary N) is 2. The molecule has 13 nitrogen and oxygen atoms in total. The number of nitrogens with zero attached hydrogens (tertiary/aromatic N) is 4. The van der Waals surface area contributed by atoms with Crippen molar-refractivity contribution in [2.75, 3.05) is 5.32 Å². The van der Waals surface area contributed by atoms with Crippen molar-refractivity contribution in [2.45, 2.75) is 56.0 Å². The van der Waals surface area contributed by atoms with Gasteiger partial charge in [-0.3, -0.25) is 14.2 Å². The first-order valence-corrected chi connectivity index (χ1v) is 14.2. The van der Waals surface area contributed by atoms with Crippen LogP contribution in [0.1, 0.15) is 36.0 Å². The van der Waals surface area contributed by atoms with Gasteiger partial charge in [0, 0.05) is 5.56 Å². The van der Waals surface area contributed by atoms with Gasteiger partial charge in [0.25, 0.3) is 21.8 Å². The van der Waals surface area contributed by atoms with E-state index in [1.807, 2.05) is 6.92 Å². The normalized spacial score (nSPS) is 23.3. The topological polar surface area (TPSA) is 164 Å². The molecule has 41 heavy (non-hydrogen) atoms. The minimum absolute atomic E-state index is 0.0613. The lowest BCUT2D eigenvalue weighted by Gasteiger charge is -2.24. The third-order valence-corrected chi connectivity index (χ3v) is 8.12. The molecule has 0 bridgehead atoms. The molecule has 2 aromatic heterocycles. The van der Waals surface area contributed by atoms with Gasteiger partial charge in [-0.1, -0.05) is 35.9 Å². The molecule has 14 heteroatoms. The van der Waals surface area contributed by atoms with Crippen molar-refractivity contribution in [2.24, 2.45) is 0 Å². The predicted octanol–water partition coefficient (Wildman–Crippen LogP) is 2.31. The number of hydrogen-bond acceptors (Lipinski definition) is 10. The molecule has 4 heterocycles. The van der Waals surface area contributed by atoms with Gasteiger partial charge in [-0.05, 0) is 45.0 Å². The van der Waals surface area contributed by atoms with Crippen molar-refractivity contribution < 1.29 is 32.2 Å². The molecule has 2 N–H and O–H groups in total. The van der Waals surface area contributed by atoms with E-state index in [9.17, 15) is 18.0 Å². The van der Waals surface area contributed by atoms with Crippen LogP contribution in [0.15, 0.2) is 72.1 Å². The summed E-state index contributed by atoms with van der Waals surface area (Å²) >= 11 is 0. The van der Waals surface area contributed by atoms with Crippen LogP contribution in [0.5, 0.6) is 0 Å². The molecular formula is C27H26N6O7S. The Kier molecular flexibility index (Phi) is 6.57. The largest absolute Gasteiger partial charge is 0.341 e. The maximum absolute atomic E-state index is 13.3. The van der Waals surface area contributed by atoms with E-state index < -0.39 is 46.3 Å². The van der Waals surface area contributed by atoms with Gasteiger partial charge < -0.3 is 19.5 Å². The highest BCUT2D eigenvalue weighted by atomic mass is 32.2. The van der Waals surface area contributed by atoms with Gasteiger partial charge in [0.1, 0.15) is 18.5 Å². The van der Waals surface area contributed by atoms with Crippen molar-refractivity contribution in [3.8, 4) is 0 Å². The zero-order valence-electron chi connectivity index (χ0n) is 22.2. The maximum Gasteiger partial charge on any atom is 0.265 e. The highest BCUT2D eigenvalue weighted by Crippen LogP contribution is 2.44. The SMILES string of the molecule is Cc1ccc(S(=O)(=O)NC(=O)[C@H]2O[C@@H](n3cnc4c(NC(=O)c5ccccc5)ncnc43)[C@@H]3OC(C)(C)O[C@@H]32)cc1. The summed E-state index contributed by atoms with van der Waals surface area (Å²) in [5, 5.41) is 2.74. The molecule has 2 aliphatic rings. The zero-order chi connectivity index (χ0) is 28.9. The van der Waals surface area contributed by atoms with Gasteiger partial charge in [0.15, 0.2) is 35.1 Å². The number of fused-ring (bicyclic) bond motifs is 2. The Morgan fingerprint density at radius 2 is 1.66 bits per heavy atom. The molecule has 0 radical (unpaired) electrons. The molecule has 0 saturated carbocycles. The summed E-state index contributed by atoms with van der Waals surface area (Å²) in [7, 11) is -4.17. The fraction of sp³-hybridized carbons (Fsp3) is 0.296. The van der Waals surface area contributed by atoms with Crippen LogP contribution in [-0.2, 0) is 29.0 Å². The molecular weight excluding hydrogens is 552 g/mol. The Balaban J connectivity index is 1.29. The molecule has 6 rings (SSSR count). The summed E-state index contributed by atoms with van der Waals surface area (Å²) in [4.78, 5) is 38.8. The minimum atomic E-state index is -4.17. The highest BCUT2D eigenvalue weighted by molar-refractivity contribution is 7.90. The molecule has 2 aliphatic heterocycles. The van der Waals surface area contributed by atoms with Crippen molar-refractivity contribution in [3.63, 3.8) is 0 Å². The standard InChI is InChI=1S/C27H26N6O7S/c1-15-9-11-17(12-10-15)41(36,37)32-25(35)20-19-21(40-27(2,3)39-19)26(38-20)33-14-30-18-22(28-13-29-23(18)33)31-24(34)16-7-5-4-6-8-16/h4-14,19-21,26H,1-3H3,(H,32,35)(H,28,29,31,34)/t19-,20+,21-,26-/m1/s1. The first-order chi connectivity index (χ1) is 19.5. The lowest BCUT2D eigenvalue weighted by Crippen LogP contribution is -2.45. The van der Waals surface area contributed by atoms with Crippen molar-refractivity contribution in [1.29, 1.82) is 0 Å². The van der Waals surface area contributed by atoms with Crippen molar-refractivity contribution in [3.05, 3.63) is 78.4 Å². The van der Waals surface area contributed by atoms with E-state index in [2.05, 4.69) is 25.0 Å². The third-order valence-electron chi connectivity index (χ3n) is 6.75. The summed E-state index contributed by atoms with van der Waals surface area (Å²) in [6.07, 6.45) is -1.34. The minimum Gasteiger partial charge on any atom is -0.341 e. The van der Waals surface area contributed by atoms with Crippen molar-refractivity contribution >= 4 is 38.8 Å². The van der Waals surface area contributed by atoms with Crippen LogP contribution < -0.4 is 10.0 Å². The molecule has 4 aromatic rings. The second-order valence-corrected chi connectivity index (χ2v) is 11.8. The number of carbonyl (C=O) groups excluding carboxylic acids is 2. The number of benzene rings is 2. The molecule has 4 atom stereocenters. The molecule has 0 spiro atoms. The molecule has 0 unspecified atom stereocenters. The smallest absolute Gasteiger partial charge is 0.265 e. The molecule has 0 aliphatic carbocycles. The fourth-order valence-corrected chi connectivity index (χ4v) is 5.87. The zero-order valence-corrected chi connectivity index (χ0v) is 23.0. The molecule has 2 fully saturated rings. The number of sulfonamides is 1. The summed E-state index contributed by atoms with van der Waals surface area (Å²) in [6.45, 7) is 5.20.